The highest BCUT2D eigenvalue weighted by atomic mass is 16.5. The van der Waals surface area contributed by atoms with Gasteiger partial charge >= 0.3 is 5.69 Å². The van der Waals surface area contributed by atoms with E-state index in [9.17, 15) is 14.4 Å². The normalized spacial score (nSPS) is 12.1. The molecule has 27 heavy (non-hydrogen) atoms. The van der Waals surface area contributed by atoms with Gasteiger partial charge in [0, 0.05) is 12.7 Å². The third-order valence-electron chi connectivity index (χ3n) is 4.39. The lowest BCUT2D eigenvalue weighted by atomic mass is 10.0. The van der Waals surface area contributed by atoms with Gasteiger partial charge in [-0.25, -0.2) is 4.79 Å². The lowest BCUT2D eigenvalue weighted by molar-refractivity contribution is 0.0894. The molecule has 0 radical (unpaired) electrons. The number of benzene rings is 2. The van der Waals surface area contributed by atoms with E-state index in [1.165, 1.54) is 0 Å². The van der Waals surface area contributed by atoms with E-state index >= 15 is 0 Å². The Bertz CT molecular complexity index is 1080. The number of hydrogen-bond acceptors (Lipinski definition) is 4. The number of nitrogens with one attached hydrogen (secondary N) is 3. The number of H-pyrrole nitrogens is 2. The highest BCUT2D eigenvalue weighted by Crippen LogP contribution is 2.23. The number of aromatic amines is 2. The fourth-order valence-electron chi connectivity index (χ4n) is 2.92. The third-order valence-corrected chi connectivity index (χ3v) is 4.39. The number of ether oxygens (including phenoxy) is 1. The second kappa shape index (κ2) is 8.01. The molecule has 3 aromatic rings. The number of aromatic nitrogens is 2. The first kappa shape index (κ1) is 18.6. The van der Waals surface area contributed by atoms with Gasteiger partial charge in [0.05, 0.1) is 23.6 Å². The quantitative estimate of drug-likeness (QED) is 0.620. The Morgan fingerprint density at radius 2 is 1.89 bits per heavy atom. The smallest absolute Gasteiger partial charge is 0.326 e. The molecule has 2 aromatic carbocycles. The molecule has 3 rings (SSSR count). The Morgan fingerprint density at radius 1 is 1.11 bits per heavy atom. The van der Waals surface area contributed by atoms with Crippen molar-refractivity contribution in [3.05, 3.63) is 68.9 Å². The SMILES string of the molecule is CCC(COC)NC(=O)c1cccc(-c2ccc3[nH]c(=O)[nH]c(=O)c3c2)c1. The second-order valence-electron chi connectivity index (χ2n) is 6.28. The highest BCUT2D eigenvalue weighted by molar-refractivity contribution is 5.96. The topological polar surface area (TPSA) is 104 Å². The fourth-order valence-corrected chi connectivity index (χ4v) is 2.92. The Hall–Kier alpha value is -3.19. The molecule has 7 heteroatoms. The average Bonchev–Trinajstić information content (AvgIpc) is 2.67. The van der Waals surface area contributed by atoms with Gasteiger partial charge in [-0.3, -0.25) is 14.6 Å². The molecule has 1 amide bonds. The number of hydrogen-bond donors (Lipinski definition) is 3. The molecule has 0 aliphatic heterocycles. The maximum atomic E-state index is 12.5. The van der Waals surface area contributed by atoms with Crippen LogP contribution in [0.3, 0.4) is 0 Å². The first-order chi connectivity index (χ1) is 13.0. The Labute approximate surface area is 155 Å². The molecule has 140 valence electrons. The van der Waals surface area contributed by atoms with Crippen LogP contribution in [-0.2, 0) is 4.74 Å². The zero-order valence-electron chi connectivity index (χ0n) is 15.2. The van der Waals surface area contributed by atoms with Gasteiger partial charge in [-0.15, -0.1) is 0 Å². The molecule has 0 saturated heterocycles. The molecule has 0 aliphatic carbocycles. The summed E-state index contributed by atoms with van der Waals surface area (Å²) in [6.07, 6.45) is 0.769. The van der Waals surface area contributed by atoms with E-state index in [0.29, 0.717) is 23.1 Å². The van der Waals surface area contributed by atoms with Gasteiger partial charge < -0.3 is 15.0 Å². The number of carbonyl (C=O) groups is 1. The van der Waals surface area contributed by atoms with E-state index in [1.54, 1.807) is 43.5 Å². The second-order valence-corrected chi connectivity index (χ2v) is 6.28. The molecule has 7 nitrogen and oxygen atoms in total. The summed E-state index contributed by atoms with van der Waals surface area (Å²) in [6, 6.07) is 12.3. The predicted molar refractivity (Wildman–Crippen MR) is 104 cm³/mol. The lowest BCUT2D eigenvalue weighted by Crippen LogP contribution is -2.37. The van der Waals surface area contributed by atoms with Crippen LogP contribution < -0.4 is 16.6 Å². The molecule has 1 heterocycles. The van der Waals surface area contributed by atoms with Crippen LogP contribution in [0.1, 0.15) is 23.7 Å². The summed E-state index contributed by atoms with van der Waals surface area (Å²) in [4.78, 5) is 40.7. The van der Waals surface area contributed by atoms with Crippen molar-refractivity contribution < 1.29 is 9.53 Å². The molecule has 1 aromatic heterocycles. The lowest BCUT2D eigenvalue weighted by Gasteiger charge is -2.16. The Kier molecular flexibility index (Phi) is 5.52. The van der Waals surface area contributed by atoms with Gasteiger partial charge in [0.15, 0.2) is 0 Å². The summed E-state index contributed by atoms with van der Waals surface area (Å²) < 4.78 is 5.11. The summed E-state index contributed by atoms with van der Waals surface area (Å²) in [7, 11) is 1.60. The molecule has 0 fully saturated rings. The molecule has 0 bridgehead atoms. The van der Waals surface area contributed by atoms with Crippen LogP contribution in [0.25, 0.3) is 22.0 Å². The third kappa shape index (κ3) is 4.15. The van der Waals surface area contributed by atoms with E-state index in [0.717, 1.165) is 17.5 Å². The minimum Gasteiger partial charge on any atom is -0.383 e. The number of amides is 1. The standard InChI is InChI=1S/C20H21N3O4/c1-3-15(11-27-2)21-18(24)14-6-4-5-12(9-14)13-7-8-17-16(10-13)19(25)23-20(26)22-17/h4-10,15H,3,11H2,1-2H3,(H,21,24)(H2,22,23,25,26). The fraction of sp³-hybridized carbons (Fsp3) is 0.250. The van der Waals surface area contributed by atoms with E-state index in [-0.39, 0.29) is 11.9 Å². The number of fused-ring (bicyclic) bond motifs is 1. The molecular formula is C20H21N3O4. The summed E-state index contributed by atoms with van der Waals surface area (Å²) >= 11 is 0. The van der Waals surface area contributed by atoms with Crippen molar-refractivity contribution in [1.29, 1.82) is 0 Å². The maximum Gasteiger partial charge on any atom is 0.326 e. The molecule has 1 atom stereocenters. The first-order valence-electron chi connectivity index (χ1n) is 8.68. The van der Waals surface area contributed by atoms with Crippen molar-refractivity contribution in [2.24, 2.45) is 0 Å². The van der Waals surface area contributed by atoms with Crippen LogP contribution in [0.15, 0.2) is 52.1 Å². The average molecular weight is 367 g/mol. The largest absolute Gasteiger partial charge is 0.383 e. The Balaban J connectivity index is 1.93. The van der Waals surface area contributed by atoms with Crippen molar-refractivity contribution in [2.45, 2.75) is 19.4 Å². The first-order valence-corrected chi connectivity index (χ1v) is 8.68. The maximum absolute atomic E-state index is 12.5. The molecule has 1 unspecified atom stereocenters. The number of carbonyl (C=O) groups excluding carboxylic acids is 1. The monoisotopic (exact) mass is 367 g/mol. The van der Waals surface area contributed by atoms with Crippen molar-refractivity contribution in [3.63, 3.8) is 0 Å². The predicted octanol–water partition coefficient (Wildman–Crippen LogP) is 2.04. The van der Waals surface area contributed by atoms with Gasteiger partial charge in [-0.05, 0) is 41.8 Å². The van der Waals surface area contributed by atoms with Gasteiger partial charge in [-0.2, -0.15) is 0 Å². The summed E-state index contributed by atoms with van der Waals surface area (Å²) in [5, 5.41) is 3.33. The van der Waals surface area contributed by atoms with E-state index < -0.39 is 11.2 Å². The highest BCUT2D eigenvalue weighted by Gasteiger charge is 2.13. The molecule has 3 N–H and O–H groups in total. The van der Waals surface area contributed by atoms with E-state index in [2.05, 4.69) is 15.3 Å². The molecule has 0 aliphatic rings. The van der Waals surface area contributed by atoms with Gasteiger partial charge in [0.2, 0.25) is 0 Å². The minimum absolute atomic E-state index is 0.0535. The summed E-state index contributed by atoms with van der Waals surface area (Å²) in [5.74, 6) is -0.177. The van der Waals surface area contributed by atoms with Crippen molar-refractivity contribution in [1.82, 2.24) is 15.3 Å². The summed E-state index contributed by atoms with van der Waals surface area (Å²) in [6.45, 7) is 2.44. The number of methoxy groups -OCH3 is 1. The summed E-state index contributed by atoms with van der Waals surface area (Å²) in [5.41, 5.74) is 1.58. The Morgan fingerprint density at radius 3 is 2.63 bits per heavy atom. The van der Waals surface area contributed by atoms with Gasteiger partial charge in [-0.1, -0.05) is 25.1 Å². The van der Waals surface area contributed by atoms with Crippen LogP contribution in [0.5, 0.6) is 0 Å². The van der Waals surface area contributed by atoms with Crippen LogP contribution in [0.4, 0.5) is 0 Å². The van der Waals surface area contributed by atoms with Crippen LogP contribution in [0.2, 0.25) is 0 Å². The van der Waals surface area contributed by atoms with Gasteiger partial charge in [0.25, 0.3) is 11.5 Å². The van der Waals surface area contributed by atoms with Gasteiger partial charge in [0.1, 0.15) is 0 Å². The van der Waals surface area contributed by atoms with Crippen molar-refractivity contribution in [3.8, 4) is 11.1 Å². The van der Waals surface area contributed by atoms with E-state index in [1.807, 2.05) is 13.0 Å². The molecule has 0 spiro atoms. The van der Waals surface area contributed by atoms with Crippen molar-refractivity contribution in [2.75, 3.05) is 13.7 Å². The zero-order chi connectivity index (χ0) is 19.4. The van der Waals surface area contributed by atoms with Crippen LogP contribution in [-0.4, -0.2) is 35.6 Å². The van der Waals surface area contributed by atoms with Crippen LogP contribution in [0, 0.1) is 0 Å². The molecule has 0 saturated carbocycles. The number of rotatable bonds is 6. The van der Waals surface area contributed by atoms with E-state index in [4.69, 9.17) is 4.74 Å². The zero-order valence-corrected chi connectivity index (χ0v) is 15.2. The molecular weight excluding hydrogens is 346 g/mol. The van der Waals surface area contributed by atoms with Crippen LogP contribution >= 0.6 is 0 Å². The minimum atomic E-state index is -0.541. The van der Waals surface area contributed by atoms with Crippen molar-refractivity contribution >= 4 is 16.8 Å².